The van der Waals surface area contributed by atoms with E-state index >= 15 is 0 Å². The van der Waals surface area contributed by atoms with Gasteiger partial charge in [-0.1, -0.05) is 0 Å². The number of carboxylic acid groups (broad SMARTS) is 3. The van der Waals surface area contributed by atoms with Gasteiger partial charge in [-0.05, 0) is 0 Å². The van der Waals surface area contributed by atoms with Gasteiger partial charge in [0.15, 0.2) is 6.10 Å². The summed E-state index contributed by atoms with van der Waals surface area (Å²) in [6.45, 7) is 0. The van der Waals surface area contributed by atoms with Crippen molar-refractivity contribution in [3.05, 3.63) is 0 Å². The van der Waals surface area contributed by atoms with E-state index in [-0.39, 0.29) is 0 Å². The van der Waals surface area contributed by atoms with Crippen LogP contribution >= 0.6 is 0 Å². The van der Waals surface area contributed by atoms with Gasteiger partial charge in [-0.15, -0.1) is 0 Å². The van der Waals surface area contributed by atoms with Crippen LogP contribution in [0.15, 0.2) is 0 Å². The normalized spacial score (nSPS) is 13.5. The van der Waals surface area contributed by atoms with Crippen LogP contribution in [-0.2, 0) is 23.9 Å². The van der Waals surface area contributed by atoms with Crippen LogP contribution in [0.5, 0.6) is 0 Å². The second-order valence-electron chi connectivity index (χ2n) is 2.98. The molecule has 4 N–H and O–H groups in total. The van der Waals surface area contributed by atoms with Crippen molar-refractivity contribution >= 4 is 23.9 Å². The highest BCUT2D eigenvalue weighted by Gasteiger charge is 2.29. The molecule has 0 amide bonds. The number of aliphatic hydroxyl groups is 1. The van der Waals surface area contributed by atoms with Crippen LogP contribution in [0.1, 0.15) is 12.8 Å². The Morgan fingerprint density at radius 3 is 1.76 bits per heavy atom. The molecule has 0 fully saturated rings. The molecule has 9 nitrogen and oxygen atoms in total. The second-order valence-corrected chi connectivity index (χ2v) is 2.98. The number of carbonyl (C=O) groups excluding carboxylic acids is 1. The summed E-state index contributed by atoms with van der Waals surface area (Å²) < 4.78 is 4.15. The summed E-state index contributed by atoms with van der Waals surface area (Å²) in [6.07, 6.45) is -5.95. The predicted molar refractivity (Wildman–Crippen MR) is 48.0 cm³/mol. The molecule has 0 bridgehead atoms. The van der Waals surface area contributed by atoms with E-state index < -0.39 is 48.9 Å². The number of esters is 1. The number of ether oxygens (including phenoxy) is 1. The van der Waals surface area contributed by atoms with Crippen molar-refractivity contribution < 1.29 is 44.3 Å². The molecule has 0 aliphatic carbocycles. The van der Waals surface area contributed by atoms with Crippen molar-refractivity contribution in [3.8, 4) is 0 Å². The maximum absolute atomic E-state index is 11.0. The fourth-order valence-corrected chi connectivity index (χ4v) is 0.805. The molecule has 0 heterocycles. The molecule has 0 rings (SSSR count). The molecule has 0 aliphatic rings. The van der Waals surface area contributed by atoms with E-state index in [0.29, 0.717) is 0 Å². The summed E-state index contributed by atoms with van der Waals surface area (Å²) in [4.78, 5) is 41.8. The highest BCUT2D eigenvalue weighted by molar-refractivity contribution is 5.85. The third-order valence-corrected chi connectivity index (χ3v) is 1.53. The number of rotatable bonds is 7. The van der Waals surface area contributed by atoms with Crippen molar-refractivity contribution in [2.75, 3.05) is 0 Å². The van der Waals surface area contributed by atoms with Gasteiger partial charge in [-0.25, -0.2) is 9.59 Å². The van der Waals surface area contributed by atoms with E-state index in [9.17, 15) is 19.2 Å². The fraction of sp³-hybridized carbons (Fsp3) is 0.500. The highest BCUT2D eigenvalue weighted by atomic mass is 16.6. The van der Waals surface area contributed by atoms with Gasteiger partial charge in [0.2, 0.25) is 6.10 Å². The summed E-state index contributed by atoms with van der Waals surface area (Å²) in [7, 11) is 0. The van der Waals surface area contributed by atoms with Crippen LogP contribution in [0, 0.1) is 0 Å². The minimum Gasteiger partial charge on any atom is -0.481 e. The molecular formula is C8H10O9. The molecule has 9 heteroatoms. The van der Waals surface area contributed by atoms with Crippen molar-refractivity contribution in [1.29, 1.82) is 0 Å². The van der Waals surface area contributed by atoms with Crippen LogP contribution in [-0.4, -0.2) is 56.5 Å². The van der Waals surface area contributed by atoms with Gasteiger partial charge in [0.1, 0.15) is 0 Å². The van der Waals surface area contributed by atoms with E-state index in [0.717, 1.165) is 0 Å². The van der Waals surface area contributed by atoms with Crippen LogP contribution in [0.25, 0.3) is 0 Å². The summed E-state index contributed by atoms with van der Waals surface area (Å²) >= 11 is 0. The summed E-state index contributed by atoms with van der Waals surface area (Å²) in [6, 6.07) is 0. The number of hydrogen-bond donors (Lipinski definition) is 4. The van der Waals surface area contributed by atoms with E-state index in [1.54, 1.807) is 0 Å². The number of carbonyl (C=O) groups is 4. The number of carboxylic acids is 3. The summed E-state index contributed by atoms with van der Waals surface area (Å²) in [5.74, 6) is -6.21. The van der Waals surface area contributed by atoms with Gasteiger partial charge < -0.3 is 25.2 Å². The van der Waals surface area contributed by atoms with E-state index in [1.165, 1.54) is 0 Å². The number of aliphatic hydroxyl groups excluding tert-OH is 1. The lowest BCUT2D eigenvalue weighted by molar-refractivity contribution is -0.174. The molecule has 0 saturated heterocycles. The van der Waals surface area contributed by atoms with Crippen LogP contribution < -0.4 is 0 Å². The molecule has 96 valence electrons. The lowest BCUT2D eigenvalue weighted by atomic mass is 10.2. The first-order valence-electron chi connectivity index (χ1n) is 4.29. The van der Waals surface area contributed by atoms with E-state index in [4.69, 9.17) is 20.4 Å². The monoisotopic (exact) mass is 250 g/mol. The van der Waals surface area contributed by atoms with Gasteiger partial charge >= 0.3 is 23.9 Å². The van der Waals surface area contributed by atoms with Crippen LogP contribution in [0.4, 0.5) is 0 Å². The molecular weight excluding hydrogens is 240 g/mol. The largest absolute Gasteiger partial charge is 0.481 e. The van der Waals surface area contributed by atoms with Gasteiger partial charge in [-0.3, -0.25) is 9.59 Å². The third-order valence-electron chi connectivity index (χ3n) is 1.53. The van der Waals surface area contributed by atoms with Crippen molar-refractivity contribution in [1.82, 2.24) is 0 Å². The predicted octanol–water partition coefficient (Wildman–Crippen LogP) is -1.71. The molecule has 0 saturated carbocycles. The molecule has 0 spiro atoms. The minimum absolute atomic E-state index is 0.960. The Labute approximate surface area is 94.2 Å². The topological polar surface area (TPSA) is 158 Å². The molecule has 2 unspecified atom stereocenters. The Bertz CT molecular complexity index is 334. The maximum Gasteiger partial charge on any atom is 0.345 e. The van der Waals surface area contributed by atoms with Crippen LogP contribution in [0.2, 0.25) is 0 Å². The Morgan fingerprint density at radius 1 is 0.941 bits per heavy atom. The highest BCUT2D eigenvalue weighted by Crippen LogP contribution is 2.04. The zero-order valence-electron chi connectivity index (χ0n) is 8.40. The molecule has 0 aromatic heterocycles. The molecule has 0 aliphatic heterocycles. The summed E-state index contributed by atoms with van der Waals surface area (Å²) in [5, 5.41) is 34.0. The zero-order valence-corrected chi connectivity index (χ0v) is 8.40. The smallest absolute Gasteiger partial charge is 0.345 e. The Hall–Kier alpha value is -2.16. The van der Waals surface area contributed by atoms with E-state index in [1.807, 2.05) is 0 Å². The number of hydrogen-bond acceptors (Lipinski definition) is 6. The standard InChI is InChI=1S/C8H10O9/c9-3(1-5(10)11)8(16)17-4(7(14)15)2-6(12)13/h3-4,9H,1-2H2,(H,10,11)(H,12,13)(H,14,15). The SMILES string of the molecule is O=C(O)CC(O)C(=O)OC(CC(=O)O)C(=O)O. The Kier molecular flexibility index (Phi) is 5.61. The zero-order chi connectivity index (χ0) is 13.6. The molecule has 2 atom stereocenters. The minimum atomic E-state index is -2.04. The maximum atomic E-state index is 11.0. The molecule has 17 heavy (non-hydrogen) atoms. The fourth-order valence-electron chi connectivity index (χ4n) is 0.805. The Balaban J connectivity index is 4.44. The van der Waals surface area contributed by atoms with Gasteiger partial charge in [0, 0.05) is 0 Å². The molecule has 0 radical (unpaired) electrons. The quantitative estimate of drug-likeness (QED) is 0.386. The first-order valence-corrected chi connectivity index (χ1v) is 4.29. The van der Waals surface area contributed by atoms with Gasteiger partial charge in [-0.2, -0.15) is 0 Å². The second kappa shape index (κ2) is 6.43. The number of aliphatic carboxylic acids is 3. The first kappa shape index (κ1) is 14.8. The van der Waals surface area contributed by atoms with E-state index in [2.05, 4.69) is 4.74 Å². The third kappa shape index (κ3) is 6.10. The van der Waals surface area contributed by atoms with Gasteiger partial charge in [0.25, 0.3) is 0 Å². The first-order chi connectivity index (χ1) is 7.73. The average molecular weight is 250 g/mol. The molecule has 0 aromatic rings. The van der Waals surface area contributed by atoms with Gasteiger partial charge in [0.05, 0.1) is 12.8 Å². The average Bonchev–Trinajstić information content (AvgIpc) is 2.14. The Morgan fingerprint density at radius 2 is 1.41 bits per heavy atom. The molecule has 0 aromatic carbocycles. The van der Waals surface area contributed by atoms with Crippen molar-refractivity contribution in [2.45, 2.75) is 25.0 Å². The van der Waals surface area contributed by atoms with Crippen LogP contribution in [0.3, 0.4) is 0 Å². The lowest BCUT2D eigenvalue weighted by Crippen LogP contribution is -2.35. The van der Waals surface area contributed by atoms with Crippen molar-refractivity contribution in [2.24, 2.45) is 0 Å². The van der Waals surface area contributed by atoms with Crippen molar-refractivity contribution in [3.63, 3.8) is 0 Å². The summed E-state index contributed by atoms with van der Waals surface area (Å²) in [5.41, 5.74) is 0. The lowest BCUT2D eigenvalue weighted by Gasteiger charge is -2.13.